The van der Waals surface area contributed by atoms with Gasteiger partial charge in [-0.25, -0.2) is 4.98 Å². The molecule has 0 atom stereocenters. The van der Waals surface area contributed by atoms with Crippen LogP contribution < -0.4 is 4.90 Å². The van der Waals surface area contributed by atoms with Crippen molar-refractivity contribution in [3.05, 3.63) is 66.6 Å². The van der Waals surface area contributed by atoms with Crippen molar-refractivity contribution in [2.75, 3.05) is 44.2 Å². The third-order valence-electron chi connectivity index (χ3n) is 5.31. The van der Waals surface area contributed by atoms with Crippen LogP contribution in [0.25, 0.3) is 5.65 Å². The van der Waals surface area contributed by atoms with E-state index in [9.17, 15) is 4.79 Å². The molecule has 1 fully saturated rings. The third kappa shape index (κ3) is 4.24. The summed E-state index contributed by atoms with van der Waals surface area (Å²) in [6, 6.07) is 16.0. The fourth-order valence-electron chi connectivity index (χ4n) is 3.79. The van der Waals surface area contributed by atoms with E-state index < -0.39 is 0 Å². The Hall–Kier alpha value is -2.70. The second kappa shape index (κ2) is 8.54. The van der Waals surface area contributed by atoms with Gasteiger partial charge in [0.25, 0.3) is 0 Å². The van der Waals surface area contributed by atoms with Crippen LogP contribution in [-0.2, 0) is 11.3 Å². The van der Waals surface area contributed by atoms with E-state index in [-0.39, 0.29) is 5.91 Å². The molecule has 28 heavy (non-hydrogen) atoms. The first-order chi connectivity index (χ1) is 13.7. The molecule has 6 heteroatoms. The van der Waals surface area contributed by atoms with Gasteiger partial charge in [-0.15, -0.1) is 0 Å². The molecule has 4 rings (SSSR count). The zero-order valence-corrected chi connectivity index (χ0v) is 16.4. The maximum absolute atomic E-state index is 12.8. The van der Waals surface area contributed by atoms with Gasteiger partial charge in [-0.1, -0.05) is 24.3 Å². The molecular weight excluding hydrogens is 350 g/mol. The third-order valence-corrected chi connectivity index (χ3v) is 5.31. The molecule has 2 aromatic heterocycles. The van der Waals surface area contributed by atoms with Gasteiger partial charge in [0, 0.05) is 57.3 Å². The molecule has 6 nitrogen and oxygen atoms in total. The van der Waals surface area contributed by atoms with E-state index in [2.05, 4.69) is 25.4 Å². The van der Waals surface area contributed by atoms with Gasteiger partial charge in [0.2, 0.25) is 5.91 Å². The Labute approximate surface area is 166 Å². The Morgan fingerprint density at radius 3 is 2.43 bits per heavy atom. The maximum atomic E-state index is 12.8. The van der Waals surface area contributed by atoms with Gasteiger partial charge < -0.3 is 9.30 Å². The number of carbonyl (C=O) groups excluding carboxylic acids is 1. The van der Waals surface area contributed by atoms with Crippen LogP contribution in [0.2, 0.25) is 0 Å². The molecule has 1 saturated heterocycles. The fraction of sp³-hybridized carbons (Fsp3) is 0.364. The number of anilines is 1. The lowest BCUT2D eigenvalue weighted by Crippen LogP contribution is -2.49. The number of piperazine rings is 1. The summed E-state index contributed by atoms with van der Waals surface area (Å²) in [7, 11) is 0. The molecule has 1 aliphatic heterocycles. The van der Waals surface area contributed by atoms with E-state index in [1.165, 1.54) is 0 Å². The van der Waals surface area contributed by atoms with Crippen molar-refractivity contribution in [3.63, 3.8) is 0 Å². The highest BCUT2D eigenvalue weighted by Gasteiger charge is 2.22. The molecule has 0 aliphatic carbocycles. The molecule has 3 aromatic rings. The number of carbonyl (C=O) groups is 1. The predicted molar refractivity (Wildman–Crippen MR) is 111 cm³/mol. The van der Waals surface area contributed by atoms with Crippen molar-refractivity contribution in [2.24, 2.45) is 0 Å². The molecule has 0 spiro atoms. The molecule has 0 bridgehead atoms. The lowest BCUT2D eigenvalue weighted by atomic mass is 10.2. The number of likely N-dealkylation sites (N-methyl/N-ethyl adjacent to an activating group) is 1. The summed E-state index contributed by atoms with van der Waals surface area (Å²) in [4.78, 5) is 24.0. The van der Waals surface area contributed by atoms with E-state index in [1.807, 2.05) is 66.6 Å². The first-order valence-electron chi connectivity index (χ1n) is 9.95. The highest BCUT2D eigenvalue weighted by Crippen LogP contribution is 2.14. The van der Waals surface area contributed by atoms with Crippen LogP contribution in [0.4, 0.5) is 5.69 Å². The molecule has 0 N–H and O–H groups in total. The summed E-state index contributed by atoms with van der Waals surface area (Å²) in [5, 5.41) is 0. The van der Waals surface area contributed by atoms with Gasteiger partial charge in [0.15, 0.2) is 0 Å². The maximum Gasteiger partial charge on any atom is 0.241 e. The fourth-order valence-corrected chi connectivity index (χ4v) is 3.79. The summed E-state index contributed by atoms with van der Waals surface area (Å²) in [5.74, 6) is 0.169. The van der Waals surface area contributed by atoms with Crippen molar-refractivity contribution >= 4 is 17.2 Å². The molecular formula is C22H27N5O. The first kappa shape index (κ1) is 18.7. The molecule has 146 valence electrons. The smallest absolute Gasteiger partial charge is 0.241 e. The normalized spacial score (nSPS) is 15.8. The van der Waals surface area contributed by atoms with Crippen LogP contribution >= 0.6 is 0 Å². The number of hydrogen-bond acceptors (Lipinski definition) is 4. The molecule has 1 aliphatic rings. The Balaban J connectivity index is 1.29. The minimum Gasteiger partial charge on any atom is -0.312 e. The van der Waals surface area contributed by atoms with Crippen LogP contribution in [-0.4, -0.2) is 64.4 Å². The van der Waals surface area contributed by atoms with Crippen LogP contribution in [0.1, 0.15) is 12.6 Å². The lowest BCUT2D eigenvalue weighted by molar-refractivity contribution is -0.120. The van der Waals surface area contributed by atoms with Gasteiger partial charge in [0.05, 0.1) is 12.2 Å². The highest BCUT2D eigenvalue weighted by molar-refractivity contribution is 5.94. The average Bonchev–Trinajstić information content (AvgIpc) is 3.13. The minimum atomic E-state index is 0.169. The van der Waals surface area contributed by atoms with E-state index in [0.717, 1.165) is 49.8 Å². The van der Waals surface area contributed by atoms with Crippen molar-refractivity contribution < 1.29 is 4.79 Å². The monoisotopic (exact) mass is 377 g/mol. The number of amides is 1. The Kier molecular flexibility index (Phi) is 5.69. The first-order valence-corrected chi connectivity index (χ1v) is 9.95. The lowest BCUT2D eigenvalue weighted by Gasteiger charge is -2.35. The Morgan fingerprint density at radius 1 is 1.00 bits per heavy atom. The van der Waals surface area contributed by atoms with Crippen molar-refractivity contribution in [1.82, 2.24) is 19.2 Å². The van der Waals surface area contributed by atoms with Crippen LogP contribution in [0.3, 0.4) is 0 Å². The van der Waals surface area contributed by atoms with Crippen molar-refractivity contribution in [3.8, 4) is 0 Å². The number of para-hydroxylation sites is 1. The molecule has 1 aromatic carbocycles. The molecule has 0 saturated carbocycles. The Morgan fingerprint density at radius 2 is 1.71 bits per heavy atom. The topological polar surface area (TPSA) is 44.1 Å². The average molecular weight is 377 g/mol. The van der Waals surface area contributed by atoms with E-state index in [0.29, 0.717) is 13.1 Å². The molecule has 3 heterocycles. The number of benzene rings is 1. The molecule has 0 unspecified atom stereocenters. The number of nitrogens with zero attached hydrogens (tertiary/aromatic N) is 5. The predicted octanol–water partition coefficient (Wildman–Crippen LogP) is 2.50. The zero-order chi connectivity index (χ0) is 19.3. The summed E-state index contributed by atoms with van der Waals surface area (Å²) in [5.41, 5.74) is 3.06. The number of imidazole rings is 1. The number of fused-ring (bicyclic) bond motifs is 1. The van der Waals surface area contributed by atoms with E-state index >= 15 is 0 Å². The minimum absolute atomic E-state index is 0.169. The number of pyridine rings is 1. The van der Waals surface area contributed by atoms with Crippen LogP contribution in [0.5, 0.6) is 0 Å². The second-order valence-corrected chi connectivity index (χ2v) is 7.22. The van der Waals surface area contributed by atoms with Gasteiger partial charge in [-0.3, -0.25) is 14.6 Å². The number of aromatic nitrogens is 2. The van der Waals surface area contributed by atoms with Crippen molar-refractivity contribution in [2.45, 2.75) is 13.5 Å². The second-order valence-electron chi connectivity index (χ2n) is 7.22. The molecule has 0 radical (unpaired) electrons. The van der Waals surface area contributed by atoms with Crippen LogP contribution in [0.15, 0.2) is 60.9 Å². The SMILES string of the molecule is CCN(C(=O)CN1CCN(Cc2cn3ccccc3n2)CC1)c1ccccc1. The summed E-state index contributed by atoms with van der Waals surface area (Å²) >= 11 is 0. The zero-order valence-electron chi connectivity index (χ0n) is 16.4. The standard InChI is InChI=1S/C22H27N5O/c1-2-27(20-8-4-3-5-9-20)22(28)18-25-14-12-24(13-15-25)16-19-17-26-11-7-6-10-21(26)23-19/h3-11,17H,2,12-16,18H2,1H3. The van der Waals surface area contributed by atoms with E-state index in [4.69, 9.17) is 0 Å². The number of rotatable bonds is 6. The van der Waals surface area contributed by atoms with Gasteiger partial charge in [0.1, 0.15) is 5.65 Å². The summed E-state index contributed by atoms with van der Waals surface area (Å²) in [6.45, 7) is 7.78. The van der Waals surface area contributed by atoms with Gasteiger partial charge >= 0.3 is 0 Å². The summed E-state index contributed by atoms with van der Waals surface area (Å²) in [6.07, 6.45) is 4.13. The van der Waals surface area contributed by atoms with E-state index in [1.54, 1.807) is 0 Å². The quantitative estimate of drug-likeness (QED) is 0.662. The molecule has 1 amide bonds. The van der Waals surface area contributed by atoms with Crippen LogP contribution in [0, 0.1) is 0 Å². The summed E-state index contributed by atoms with van der Waals surface area (Å²) < 4.78 is 2.06. The Bertz CT molecular complexity index is 882. The highest BCUT2D eigenvalue weighted by atomic mass is 16.2. The number of hydrogen-bond donors (Lipinski definition) is 0. The van der Waals surface area contributed by atoms with Gasteiger partial charge in [-0.2, -0.15) is 0 Å². The van der Waals surface area contributed by atoms with Crippen molar-refractivity contribution in [1.29, 1.82) is 0 Å². The largest absolute Gasteiger partial charge is 0.312 e. The van der Waals surface area contributed by atoms with Gasteiger partial charge in [-0.05, 0) is 31.2 Å².